The number of halogens is 1. The van der Waals surface area contributed by atoms with Gasteiger partial charge in [-0.3, -0.25) is 0 Å². The van der Waals surface area contributed by atoms with Crippen molar-refractivity contribution in [3.05, 3.63) is 33.8 Å². The Morgan fingerprint density at radius 2 is 2.19 bits per heavy atom. The molecule has 0 aliphatic carbocycles. The second kappa shape index (κ2) is 5.20. The van der Waals surface area contributed by atoms with Gasteiger partial charge in [-0.15, -0.1) is 0 Å². The average Bonchev–Trinajstić information content (AvgIpc) is 2.31. The maximum absolute atomic E-state index is 6.28. The van der Waals surface area contributed by atoms with Crippen LogP contribution in [0.25, 0.3) is 0 Å². The Labute approximate surface area is 103 Å². The first-order valence-corrected chi connectivity index (χ1v) is 6.51. The van der Waals surface area contributed by atoms with Gasteiger partial charge in [0.25, 0.3) is 0 Å². The topological polar surface area (TPSA) is 12.0 Å². The molecule has 1 aromatic carbocycles. The smallest absolute Gasteiger partial charge is 0.0467 e. The molecule has 0 amide bonds. The van der Waals surface area contributed by atoms with Crippen molar-refractivity contribution in [1.29, 1.82) is 0 Å². The Balaban J connectivity index is 2.11. The van der Waals surface area contributed by atoms with E-state index < -0.39 is 0 Å². The van der Waals surface area contributed by atoms with Gasteiger partial charge < -0.3 is 5.32 Å². The minimum Gasteiger partial charge on any atom is -0.316 e. The molecule has 0 bridgehead atoms. The number of hydrogen-bond acceptors (Lipinski definition) is 1. The minimum atomic E-state index is 0.784. The van der Waals surface area contributed by atoms with E-state index in [-0.39, 0.29) is 0 Å². The Morgan fingerprint density at radius 3 is 2.88 bits per heavy atom. The summed E-state index contributed by atoms with van der Waals surface area (Å²) in [6.07, 6.45) is 3.82. The van der Waals surface area contributed by atoms with Gasteiger partial charge in [-0.1, -0.05) is 23.7 Å². The lowest BCUT2D eigenvalue weighted by Crippen LogP contribution is -2.31. The fourth-order valence-electron chi connectivity index (χ4n) is 2.49. The van der Waals surface area contributed by atoms with Crippen molar-refractivity contribution in [3.63, 3.8) is 0 Å². The maximum Gasteiger partial charge on any atom is 0.0467 e. The SMILES string of the molecule is Cc1ccc(CC2CCCNC2)c(C)c1Cl. The van der Waals surface area contributed by atoms with Gasteiger partial charge in [-0.05, 0) is 68.8 Å². The van der Waals surface area contributed by atoms with Crippen molar-refractivity contribution in [2.24, 2.45) is 5.92 Å². The minimum absolute atomic E-state index is 0.784. The summed E-state index contributed by atoms with van der Waals surface area (Å²) in [7, 11) is 0. The van der Waals surface area contributed by atoms with Gasteiger partial charge >= 0.3 is 0 Å². The average molecular weight is 238 g/mol. The Hall–Kier alpha value is -0.530. The molecule has 0 radical (unpaired) electrons. The molecule has 0 spiro atoms. The lowest BCUT2D eigenvalue weighted by Gasteiger charge is -2.23. The van der Waals surface area contributed by atoms with Crippen LogP contribution in [0.15, 0.2) is 12.1 Å². The molecule has 16 heavy (non-hydrogen) atoms. The summed E-state index contributed by atoms with van der Waals surface area (Å²) in [6.45, 7) is 6.55. The summed E-state index contributed by atoms with van der Waals surface area (Å²) in [4.78, 5) is 0. The summed E-state index contributed by atoms with van der Waals surface area (Å²) in [5, 5.41) is 4.41. The van der Waals surface area contributed by atoms with E-state index in [0.29, 0.717) is 0 Å². The molecule has 1 aromatic rings. The van der Waals surface area contributed by atoms with Crippen molar-refractivity contribution in [2.75, 3.05) is 13.1 Å². The monoisotopic (exact) mass is 237 g/mol. The van der Waals surface area contributed by atoms with Gasteiger partial charge in [0, 0.05) is 5.02 Å². The first-order chi connectivity index (χ1) is 7.68. The highest BCUT2D eigenvalue weighted by atomic mass is 35.5. The van der Waals surface area contributed by atoms with Gasteiger partial charge in [0.05, 0.1) is 0 Å². The zero-order chi connectivity index (χ0) is 11.5. The largest absolute Gasteiger partial charge is 0.316 e. The van der Waals surface area contributed by atoms with Crippen LogP contribution in [-0.4, -0.2) is 13.1 Å². The highest BCUT2D eigenvalue weighted by Crippen LogP contribution is 2.26. The van der Waals surface area contributed by atoms with E-state index in [1.165, 1.54) is 42.5 Å². The van der Waals surface area contributed by atoms with Crippen molar-refractivity contribution in [3.8, 4) is 0 Å². The molecule has 1 atom stereocenters. The molecular weight excluding hydrogens is 218 g/mol. The lowest BCUT2D eigenvalue weighted by atomic mass is 9.90. The van der Waals surface area contributed by atoms with Gasteiger partial charge in [0.15, 0.2) is 0 Å². The summed E-state index contributed by atoms with van der Waals surface area (Å²) in [5.41, 5.74) is 3.88. The lowest BCUT2D eigenvalue weighted by molar-refractivity contribution is 0.375. The van der Waals surface area contributed by atoms with Gasteiger partial charge in [-0.2, -0.15) is 0 Å². The molecule has 1 heterocycles. The van der Waals surface area contributed by atoms with Crippen LogP contribution in [0.2, 0.25) is 5.02 Å². The zero-order valence-corrected chi connectivity index (χ0v) is 10.9. The van der Waals surface area contributed by atoms with Crippen LogP contribution < -0.4 is 5.32 Å². The molecule has 0 saturated carbocycles. The van der Waals surface area contributed by atoms with Crippen LogP contribution in [0, 0.1) is 19.8 Å². The van der Waals surface area contributed by atoms with E-state index >= 15 is 0 Å². The van der Waals surface area contributed by atoms with Crippen LogP contribution in [0.4, 0.5) is 0 Å². The standard InChI is InChI=1S/C14H20ClN/c1-10-5-6-13(11(2)14(10)15)8-12-4-3-7-16-9-12/h5-6,12,16H,3-4,7-9H2,1-2H3. The van der Waals surface area contributed by atoms with E-state index in [0.717, 1.165) is 17.5 Å². The van der Waals surface area contributed by atoms with E-state index in [1.54, 1.807) is 0 Å². The van der Waals surface area contributed by atoms with Gasteiger partial charge in [0.1, 0.15) is 0 Å². The van der Waals surface area contributed by atoms with E-state index in [1.807, 2.05) is 0 Å². The maximum atomic E-state index is 6.28. The molecular formula is C14H20ClN. The first kappa shape index (κ1) is 11.9. The van der Waals surface area contributed by atoms with Crippen molar-refractivity contribution in [2.45, 2.75) is 33.1 Å². The van der Waals surface area contributed by atoms with Crippen LogP contribution >= 0.6 is 11.6 Å². The van der Waals surface area contributed by atoms with Crippen molar-refractivity contribution < 1.29 is 0 Å². The second-order valence-electron chi connectivity index (χ2n) is 4.90. The normalized spacial score (nSPS) is 21.1. The van der Waals surface area contributed by atoms with Crippen LogP contribution in [-0.2, 0) is 6.42 Å². The highest BCUT2D eigenvalue weighted by Gasteiger charge is 2.15. The number of aryl methyl sites for hydroxylation is 1. The Bertz CT molecular complexity index is 367. The molecule has 2 rings (SSSR count). The number of piperidine rings is 1. The first-order valence-electron chi connectivity index (χ1n) is 6.14. The number of rotatable bonds is 2. The predicted molar refractivity (Wildman–Crippen MR) is 70.2 cm³/mol. The van der Waals surface area contributed by atoms with E-state index in [9.17, 15) is 0 Å². The molecule has 1 fully saturated rings. The molecule has 1 nitrogen and oxygen atoms in total. The molecule has 88 valence electrons. The number of benzene rings is 1. The molecule has 2 heteroatoms. The summed E-state index contributed by atoms with van der Waals surface area (Å²) >= 11 is 6.28. The third-order valence-electron chi connectivity index (χ3n) is 3.60. The second-order valence-corrected chi connectivity index (χ2v) is 5.28. The molecule has 1 unspecified atom stereocenters. The predicted octanol–water partition coefficient (Wildman–Crippen LogP) is 3.50. The summed E-state index contributed by atoms with van der Waals surface area (Å²) < 4.78 is 0. The van der Waals surface area contributed by atoms with Gasteiger partial charge in [0.2, 0.25) is 0 Å². The Morgan fingerprint density at radius 1 is 1.38 bits per heavy atom. The summed E-state index contributed by atoms with van der Waals surface area (Å²) in [5.74, 6) is 0.784. The van der Waals surface area contributed by atoms with Crippen LogP contribution in [0.5, 0.6) is 0 Å². The third-order valence-corrected chi connectivity index (χ3v) is 4.18. The molecule has 1 saturated heterocycles. The molecule has 1 N–H and O–H groups in total. The van der Waals surface area contributed by atoms with E-state index in [4.69, 9.17) is 11.6 Å². The van der Waals surface area contributed by atoms with Crippen molar-refractivity contribution >= 4 is 11.6 Å². The van der Waals surface area contributed by atoms with Crippen LogP contribution in [0.3, 0.4) is 0 Å². The zero-order valence-electron chi connectivity index (χ0n) is 10.1. The summed E-state index contributed by atoms with van der Waals surface area (Å²) in [6, 6.07) is 4.38. The fourth-order valence-corrected chi connectivity index (χ4v) is 2.68. The molecule has 1 aliphatic heterocycles. The number of hydrogen-bond donors (Lipinski definition) is 1. The fraction of sp³-hybridized carbons (Fsp3) is 0.571. The number of nitrogens with one attached hydrogen (secondary N) is 1. The molecule has 0 aromatic heterocycles. The quantitative estimate of drug-likeness (QED) is 0.830. The molecule has 1 aliphatic rings. The third kappa shape index (κ3) is 2.58. The van der Waals surface area contributed by atoms with E-state index in [2.05, 4.69) is 31.3 Å². The highest BCUT2D eigenvalue weighted by molar-refractivity contribution is 6.32. The van der Waals surface area contributed by atoms with Crippen molar-refractivity contribution in [1.82, 2.24) is 5.32 Å². The van der Waals surface area contributed by atoms with Crippen LogP contribution in [0.1, 0.15) is 29.5 Å². The Kier molecular flexibility index (Phi) is 3.88. The van der Waals surface area contributed by atoms with Gasteiger partial charge in [-0.25, -0.2) is 0 Å².